The van der Waals surface area contributed by atoms with Gasteiger partial charge in [-0.1, -0.05) is 41.7 Å². The van der Waals surface area contributed by atoms with E-state index >= 15 is 0 Å². The van der Waals surface area contributed by atoms with E-state index in [2.05, 4.69) is 9.97 Å². The van der Waals surface area contributed by atoms with Crippen LogP contribution < -0.4 is 0 Å². The highest BCUT2D eigenvalue weighted by molar-refractivity contribution is 6.35. The van der Waals surface area contributed by atoms with Gasteiger partial charge >= 0.3 is 0 Å². The summed E-state index contributed by atoms with van der Waals surface area (Å²) in [5, 5.41) is 1.66. The molecule has 0 aliphatic heterocycles. The average molecular weight is 288 g/mol. The third-order valence-electron chi connectivity index (χ3n) is 2.43. The van der Waals surface area contributed by atoms with Crippen LogP contribution in [0.2, 0.25) is 15.2 Å². The van der Waals surface area contributed by atoms with E-state index in [0.29, 0.717) is 15.2 Å². The van der Waals surface area contributed by atoms with Crippen molar-refractivity contribution in [3.05, 3.63) is 45.3 Å². The molecule has 0 saturated heterocycles. The summed E-state index contributed by atoms with van der Waals surface area (Å²) in [5.74, 6) is 0. The molecule has 0 aliphatic rings. The third kappa shape index (κ3) is 2.54. The molecule has 0 radical (unpaired) electrons. The Hall–Kier alpha value is -0.830. The summed E-state index contributed by atoms with van der Waals surface area (Å²) in [5.41, 5.74) is 2.39. The van der Waals surface area contributed by atoms with Crippen molar-refractivity contribution in [1.82, 2.24) is 9.97 Å². The molecule has 88 valence electrons. The first kappa shape index (κ1) is 12.6. The van der Waals surface area contributed by atoms with Crippen molar-refractivity contribution in [2.75, 3.05) is 0 Å². The van der Waals surface area contributed by atoms with Crippen molar-refractivity contribution in [1.29, 1.82) is 0 Å². The summed E-state index contributed by atoms with van der Waals surface area (Å²) in [4.78, 5) is 8.21. The van der Waals surface area contributed by atoms with Crippen LogP contribution in [0.3, 0.4) is 0 Å². The van der Waals surface area contributed by atoms with Gasteiger partial charge < -0.3 is 0 Å². The van der Waals surface area contributed by atoms with Gasteiger partial charge in [0, 0.05) is 16.1 Å². The zero-order valence-corrected chi connectivity index (χ0v) is 11.3. The molecule has 5 heteroatoms. The van der Waals surface area contributed by atoms with Gasteiger partial charge in [0.1, 0.15) is 11.5 Å². The molecule has 0 spiro atoms. The fourth-order valence-corrected chi connectivity index (χ4v) is 2.26. The number of rotatable bonds is 2. The Morgan fingerprint density at radius 3 is 2.59 bits per heavy atom. The van der Waals surface area contributed by atoms with Gasteiger partial charge in [0.05, 0.1) is 10.7 Å². The van der Waals surface area contributed by atoms with Crippen LogP contribution in [0.1, 0.15) is 12.5 Å². The first-order valence-electron chi connectivity index (χ1n) is 5.08. The molecule has 17 heavy (non-hydrogen) atoms. The highest BCUT2D eigenvalue weighted by Crippen LogP contribution is 2.33. The predicted molar refractivity (Wildman–Crippen MR) is 71.9 cm³/mol. The van der Waals surface area contributed by atoms with E-state index in [4.69, 9.17) is 34.8 Å². The molecule has 0 fully saturated rings. The lowest BCUT2D eigenvalue weighted by molar-refractivity contribution is 1.05. The molecule has 0 saturated carbocycles. The summed E-state index contributed by atoms with van der Waals surface area (Å²) >= 11 is 18.2. The second kappa shape index (κ2) is 5.21. The summed E-state index contributed by atoms with van der Waals surface area (Å²) < 4.78 is 0. The van der Waals surface area contributed by atoms with E-state index in [1.54, 1.807) is 18.2 Å². The van der Waals surface area contributed by atoms with Gasteiger partial charge in [0.25, 0.3) is 0 Å². The van der Waals surface area contributed by atoms with E-state index in [9.17, 15) is 0 Å². The lowest BCUT2D eigenvalue weighted by Gasteiger charge is -2.09. The number of hydrogen-bond donors (Lipinski definition) is 0. The second-order valence-electron chi connectivity index (χ2n) is 3.47. The molecule has 0 bridgehead atoms. The SMILES string of the molecule is CCc1c(Cl)ncnc1-c1cc(Cl)ccc1Cl. The predicted octanol–water partition coefficient (Wildman–Crippen LogP) is 4.67. The molecule has 1 heterocycles. The summed E-state index contributed by atoms with van der Waals surface area (Å²) in [7, 11) is 0. The minimum Gasteiger partial charge on any atom is -0.236 e. The molecular weight excluding hydrogens is 279 g/mol. The maximum Gasteiger partial charge on any atom is 0.136 e. The Labute approximate surface area is 115 Å². The van der Waals surface area contributed by atoms with Crippen molar-refractivity contribution in [3.8, 4) is 11.3 Å². The fourth-order valence-electron chi connectivity index (χ4n) is 1.62. The molecular formula is C12H9Cl3N2. The minimum absolute atomic E-state index is 0.452. The average Bonchev–Trinajstić information content (AvgIpc) is 2.32. The smallest absolute Gasteiger partial charge is 0.136 e. The number of halogens is 3. The Morgan fingerprint density at radius 1 is 1.12 bits per heavy atom. The lowest BCUT2D eigenvalue weighted by atomic mass is 10.1. The number of hydrogen-bond acceptors (Lipinski definition) is 2. The number of aromatic nitrogens is 2. The highest BCUT2D eigenvalue weighted by atomic mass is 35.5. The van der Waals surface area contributed by atoms with Crippen molar-refractivity contribution >= 4 is 34.8 Å². The van der Waals surface area contributed by atoms with Crippen LogP contribution in [-0.4, -0.2) is 9.97 Å². The Balaban J connectivity index is 2.68. The van der Waals surface area contributed by atoms with Gasteiger partial charge in [-0.2, -0.15) is 0 Å². The number of nitrogens with zero attached hydrogens (tertiary/aromatic N) is 2. The van der Waals surface area contributed by atoms with E-state index in [1.807, 2.05) is 6.92 Å². The van der Waals surface area contributed by atoms with Crippen LogP contribution in [0.5, 0.6) is 0 Å². The van der Waals surface area contributed by atoms with Crippen LogP contribution in [0, 0.1) is 0 Å². The molecule has 2 nitrogen and oxygen atoms in total. The molecule has 0 amide bonds. The molecule has 1 aromatic heterocycles. The minimum atomic E-state index is 0.452. The zero-order valence-electron chi connectivity index (χ0n) is 9.04. The Kier molecular flexibility index (Phi) is 3.87. The lowest BCUT2D eigenvalue weighted by Crippen LogP contribution is -1.96. The van der Waals surface area contributed by atoms with E-state index in [1.165, 1.54) is 6.33 Å². The topological polar surface area (TPSA) is 25.8 Å². The van der Waals surface area contributed by atoms with Gasteiger partial charge in [-0.15, -0.1) is 0 Å². The highest BCUT2D eigenvalue weighted by Gasteiger charge is 2.13. The summed E-state index contributed by atoms with van der Waals surface area (Å²) in [6, 6.07) is 5.26. The van der Waals surface area contributed by atoms with Gasteiger partial charge in [-0.3, -0.25) is 0 Å². The largest absolute Gasteiger partial charge is 0.236 e. The monoisotopic (exact) mass is 286 g/mol. The summed E-state index contributed by atoms with van der Waals surface area (Å²) in [6.07, 6.45) is 2.16. The van der Waals surface area contributed by atoms with Crippen LogP contribution in [0.4, 0.5) is 0 Å². The fraction of sp³-hybridized carbons (Fsp3) is 0.167. The van der Waals surface area contributed by atoms with Crippen molar-refractivity contribution in [2.45, 2.75) is 13.3 Å². The zero-order chi connectivity index (χ0) is 12.4. The van der Waals surface area contributed by atoms with Crippen LogP contribution in [-0.2, 0) is 6.42 Å². The number of benzene rings is 1. The normalized spacial score (nSPS) is 10.6. The van der Waals surface area contributed by atoms with Gasteiger partial charge in [-0.25, -0.2) is 9.97 Å². The van der Waals surface area contributed by atoms with Crippen LogP contribution in [0.25, 0.3) is 11.3 Å². The summed E-state index contributed by atoms with van der Waals surface area (Å²) in [6.45, 7) is 1.99. The van der Waals surface area contributed by atoms with E-state index in [0.717, 1.165) is 23.2 Å². The molecule has 1 aromatic carbocycles. The first-order valence-corrected chi connectivity index (χ1v) is 6.21. The van der Waals surface area contributed by atoms with Crippen molar-refractivity contribution in [3.63, 3.8) is 0 Å². The molecule has 0 unspecified atom stereocenters. The molecule has 0 aliphatic carbocycles. The Bertz CT molecular complexity index is 555. The second-order valence-corrected chi connectivity index (χ2v) is 4.67. The van der Waals surface area contributed by atoms with Crippen molar-refractivity contribution in [2.24, 2.45) is 0 Å². The van der Waals surface area contributed by atoms with Gasteiger partial charge in [0.15, 0.2) is 0 Å². The Morgan fingerprint density at radius 2 is 1.88 bits per heavy atom. The molecule has 2 aromatic rings. The van der Waals surface area contributed by atoms with Crippen LogP contribution >= 0.6 is 34.8 Å². The molecule has 2 rings (SSSR count). The van der Waals surface area contributed by atoms with Gasteiger partial charge in [-0.05, 0) is 24.6 Å². The first-order chi connectivity index (χ1) is 8.13. The third-order valence-corrected chi connectivity index (χ3v) is 3.32. The maximum absolute atomic E-state index is 6.15. The van der Waals surface area contributed by atoms with E-state index in [-0.39, 0.29) is 0 Å². The van der Waals surface area contributed by atoms with Gasteiger partial charge in [0.2, 0.25) is 0 Å². The standard InChI is InChI=1S/C12H9Cl3N2/c1-2-8-11(16-6-17-12(8)15)9-5-7(13)3-4-10(9)14/h3-6H,2H2,1H3. The molecule has 0 atom stereocenters. The van der Waals surface area contributed by atoms with Crippen molar-refractivity contribution < 1.29 is 0 Å². The van der Waals surface area contributed by atoms with E-state index < -0.39 is 0 Å². The quantitative estimate of drug-likeness (QED) is 0.750. The van der Waals surface area contributed by atoms with Crippen LogP contribution in [0.15, 0.2) is 24.5 Å². The maximum atomic E-state index is 6.15. The molecule has 0 N–H and O–H groups in total.